The number of nitrogens with one attached hydrogen (secondary N) is 2. The number of piperazine rings is 1. The van der Waals surface area contributed by atoms with E-state index < -0.39 is 29.9 Å². The first-order valence-electron chi connectivity index (χ1n) is 14.4. The first-order valence-corrected chi connectivity index (χ1v) is 14.4. The van der Waals surface area contributed by atoms with Crippen LogP contribution in [0.3, 0.4) is 0 Å². The highest BCUT2D eigenvalue weighted by atomic mass is 16.6. The average molecular weight is 615 g/mol. The summed E-state index contributed by atoms with van der Waals surface area (Å²) in [5.74, 6) is -1.37. The van der Waals surface area contributed by atoms with Crippen LogP contribution >= 0.6 is 0 Å². The van der Waals surface area contributed by atoms with Crippen molar-refractivity contribution in [3.8, 4) is 11.4 Å². The van der Waals surface area contributed by atoms with Crippen LogP contribution in [0.25, 0.3) is 11.4 Å². The van der Waals surface area contributed by atoms with E-state index >= 15 is 0 Å². The van der Waals surface area contributed by atoms with E-state index in [1.807, 2.05) is 30.3 Å². The highest BCUT2D eigenvalue weighted by molar-refractivity contribution is 5.97. The molecule has 0 radical (unpaired) electrons. The minimum Gasteiger partial charge on any atom is -0.483 e. The Morgan fingerprint density at radius 1 is 1.11 bits per heavy atom. The number of ether oxygens (including phenoxy) is 2. The Morgan fingerprint density at radius 3 is 2.41 bits per heavy atom. The quantitative estimate of drug-likeness (QED) is 0.267. The van der Waals surface area contributed by atoms with Crippen molar-refractivity contribution in [3.63, 3.8) is 0 Å². The summed E-state index contributed by atoms with van der Waals surface area (Å²) in [6.45, 7) is 3.97. The van der Waals surface area contributed by atoms with E-state index in [1.165, 1.54) is 15.9 Å². The van der Waals surface area contributed by atoms with Crippen LogP contribution in [0.2, 0.25) is 0 Å². The number of amides is 3. The van der Waals surface area contributed by atoms with E-state index in [9.17, 15) is 24.3 Å². The molecule has 0 aliphatic carbocycles. The number of carboxylic acid groups (broad SMARTS) is 2. The van der Waals surface area contributed by atoms with E-state index in [0.29, 0.717) is 30.4 Å². The van der Waals surface area contributed by atoms with Crippen LogP contribution in [0.4, 0.5) is 10.6 Å². The molecule has 4 rings (SSSR count). The fourth-order valence-electron chi connectivity index (χ4n) is 4.70. The van der Waals surface area contributed by atoms with Crippen molar-refractivity contribution in [2.45, 2.75) is 44.8 Å². The number of carbonyl (C=O) groups is 5. The summed E-state index contributed by atoms with van der Waals surface area (Å²) in [7, 11) is 0. The molecule has 0 bridgehead atoms. The second-order valence-electron chi connectivity index (χ2n) is 9.92. The summed E-state index contributed by atoms with van der Waals surface area (Å²) < 4.78 is 10.7. The first-order chi connectivity index (χ1) is 21.2. The molecule has 44 heavy (non-hydrogen) atoms. The van der Waals surface area contributed by atoms with Gasteiger partial charge in [-0.25, -0.2) is 14.8 Å². The van der Waals surface area contributed by atoms with E-state index in [-0.39, 0.29) is 63.9 Å². The van der Waals surface area contributed by atoms with Crippen molar-refractivity contribution in [2.24, 2.45) is 0 Å². The first kappa shape index (κ1) is 33.7. The topological polar surface area (TPSA) is 201 Å². The fourth-order valence-corrected chi connectivity index (χ4v) is 4.70. The predicted octanol–water partition coefficient (Wildman–Crippen LogP) is 1.70. The van der Waals surface area contributed by atoms with E-state index in [1.54, 1.807) is 6.92 Å². The van der Waals surface area contributed by atoms with Crippen LogP contribution in [-0.2, 0) is 23.9 Å². The number of aliphatic carboxylic acids is 1. The number of benzene rings is 1. The number of rotatable bonds is 11. The van der Waals surface area contributed by atoms with Crippen LogP contribution in [-0.4, -0.2) is 118 Å². The SMILES string of the molecule is CCOC(=O)N1CCN(C(=O)C(CCC(=O)O)NC(=O)c2cc(NCC3CCCO3)nc(-c3ccccc3)n2)CC1.O=CO. The molecular weight excluding hydrogens is 576 g/mol. The molecule has 15 nitrogen and oxygen atoms in total. The Hall–Kier alpha value is -4.79. The summed E-state index contributed by atoms with van der Waals surface area (Å²) >= 11 is 0. The van der Waals surface area contributed by atoms with Crippen molar-refractivity contribution < 1.29 is 43.7 Å². The Balaban J connectivity index is 0.00000169. The van der Waals surface area contributed by atoms with Gasteiger partial charge in [-0.05, 0) is 26.2 Å². The molecule has 1 aromatic carbocycles. The van der Waals surface area contributed by atoms with Crippen LogP contribution in [0.5, 0.6) is 0 Å². The molecule has 2 saturated heterocycles. The maximum absolute atomic E-state index is 13.5. The smallest absolute Gasteiger partial charge is 0.409 e. The molecule has 2 aliphatic heterocycles. The zero-order chi connectivity index (χ0) is 31.9. The van der Waals surface area contributed by atoms with Crippen molar-refractivity contribution in [2.75, 3.05) is 51.3 Å². The Bertz CT molecular complexity index is 1270. The number of hydrogen-bond acceptors (Lipinski definition) is 10. The van der Waals surface area contributed by atoms with Gasteiger partial charge in [-0.15, -0.1) is 0 Å². The third kappa shape index (κ3) is 10.2. The number of aromatic nitrogens is 2. The molecule has 2 fully saturated rings. The molecule has 2 atom stereocenters. The molecule has 2 unspecified atom stereocenters. The fraction of sp³-hybridized carbons (Fsp3) is 0.483. The number of nitrogens with zero attached hydrogens (tertiary/aromatic N) is 4. The van der Waals surface area contributed by atoms with E-state index in [0.717, 1.165) is 12.8 Å². The zero-order valence-corrected chi connectivity index (χ0v) is 24.5. The van der Waals surface area contributed by atoms with Gasteiger partial charge < -0.3 is 40.1 Å². The highest BCUT2D eigenvalue weighted by Crippen LogP contribution is 2.20. The Kier molecular flexibility index (Phi) is 13.3. The van der Waals surface area contributed by atoms with Gasteiger partial charge in [0.15, 0.2) is 5.82 Å². The maximum atomic E-state index is 13.5. The summed E-state index contributed by atoms with van der Waals surface area (Å²) in [6.07, 6.45) is 1.11. The largest absolute Gasteiger partial charge is 0.483 e. The minimum atomic E-state index is -1.09. The molecule has 0 saturated carbocycles. The van der Waals surface area contributed by atoms with Crippen LogP contribution in [0, 0.1) is 0 Å². The molecule has 3 amide bonds. The van der Waals surface area contributed by atoms with Crippen LogP contribution < -0.4 is 10.6 Å². The lowest BCUT2D eigenvalue weighted by molar-refractivity contribution is -0.138. The molecule has 2 aromatic rings. The molecule has 0 spiro atoms. The van der Waals surface area contributed by atoms with Gasteiger partial charge in [-0.3, -0.25) is 19.2 Å². The number of anilines is 1. The second-order valence-corrected chi connectivity index (χ2v) is 9.92. The normalized spacial score (nSPS) is 16.6. The molecule has 3 heterocycles. The monoisotopic (exact) mass is 614 g/mol. The van der Waals surface area contributed by atoms with E-state index in [4.69, 9.17) is 19.4 Å². The molecule has 238 valence electrons. The van der Waals surface area contributed by atoms with Gasteiger partial charge in [0.25, 0.3) is 12.4 Å². The second kappa shape index (κ2) is 17.4. The summed E-state index contributed by atoms with van der Waals surface area (Å²) in [4.78, 5) is 70.6. The summed E-state index contributed by atoms with van der Waals surface area (Å²) in [6, 6.07) is 9.62. The molecule has 2 aliphatic rings. The number of carboxylic acids is 1. The van der Waals surface area contributed by atoms with Gasteiger partial charge in [-0.2, -0.15) is 0 Å². The van der Waals surface area contributed by atoms with Gasteiger partial charge in [0.2, 0.25) is 5.91 Å². The van der Waals surface area contributed by atoms with Crippen molar-refractivity contribution in [1.82, 2.24) is 25.1 Å². The van der Waals surface area contributed by atoms with Crippen LogP contribution in [0.15, 0.2) is 36.4 Å². The predicted molar refractivity (Wildman–Crippen MR) is 157 cm³/mol. The summed E-state index contributed by atoms with van der Waals surface area (Å²) in [5.41, 5.74) is 0.745. The van der Waals surface area contributed by atoms with Gasteiger partial charge in [0.1, 0.15) is 17.6 Å². The molecular formula is C29H38N6O9. The molecule has 1 aromatic heterocycles. The maximum Gasteiger partial charge on any atom is 0.409 e. The zero-order valence-electron chi connectivity index (χ0n) is 24.5. The van der Waals surface area contributed by atoms with Crippen molar-refractivity contribution in [1.29, 1.82) is 0 Å². The van der Waals surface area contributed by atoms with Gasteiger partial charge >= 0.3 is 12.1 Å². The third-order valence-electron chi connectivity index (χ3n) is 6.89. The third-order valence-corrected chi connectivity index (χ3v) is 6.89. The number of hydrogen-bond donors (Lipinski definition) is 4. The minimum absolute atomic E-state index is 0.0361. The Labute approximate surface area is 254 Å². The lowest BCUT2D eigenvalue weighted by atomic mass is 10.1. The lowest BCUT2D eigenvalue weighted by Gasteiger charge is -2.35. The number of carbonyl (C=O) groups excluding carboxylic acids is 3. The average Bonchev–Trinajstić information content (AvgIpc) is 3.56. The van der Waals surface area contributed by atoms with Gasteiger partial charge in [0.05, 0.1) is 12.7 Å². The highest BCUT2D eigenvalue weighted by Gasteiger charge is 2.31. The van der Waals surface area contributed by atoms with Crippen LogP contribution in [0.1, 0.15) is 43.1 Å². The van der Waals surface area contributed by atoms with E-state index in [2.05, 4.69) is 20.6 Å². The Morgan fingerprint density at radius 2 is 1.80 bits per heavy atom. The molecule has 4 N–H and O–H groups in total. The van der Waals surface area contributed by atoms with Crippen molar-refractivity contribution in [3.05, 3.63) is 42.1 Å². The standard InChI is InChI=1S/C28H36N6O7.CH2O2/c1-2-40-28(39)34-14-12-33(13-15-34)27(38)21(10-11-24(35)36)31-26(37)22-17-23(29-18-20-9-6-16-41-20)32-25(30-22)19-7-4-3-5-8-19;2-1-3/h3-5,7-8,17,20-21H,2,6,9-16,18H2,1H3,(H,31,37)(H,35,36)(H,29,30,32);1H,(H,2,3). The van der Waals surface area contributed by atoms with Crippen molar-refractivity contribution >= 4 is 36.2 Å². The summed E-state index contributed by atoms with van der Waals surface area (Å²) in [5, 5.41) is 22.1. The van der Waals surface area contributed by atoms with Gasteiger partial charge in [-0.1, -0.05) is 30.3 Å². The lowest BCUT2D eigenvalue weighted by Crippen LogP contribution is -2.56. The molecule has 15 heteroatoms. The van der Waals surface area contributed by atoms with Gasteiger partial charge in [0, 0.05) is 57.4 Å².